The number of rotatable bonds is 2. The van der Waals surface area contributed by atoms with Crippen molar-refractivity contribution < 1.29 is 24.5 Å². The number of phenols is 1. The summed E-state index contributed by atoms with van der Waals surface area (Å²) in [6.07, 6.45) is 1.67. The Balaban J connectivity index is 1.96. The number of methoxy groups -OCH3 is 1. The number of carbonyl (C=O) groups is 1. The molecule has 0 saturated heterocycles. The Labute approximate surface area is 127 Å². The van der Waals surface area contributed by atoms with Crippen LogP contribution in [0.25, 0.3) is 6.08 Å². The molecule has 5 heteroatoms. The van der Waals surface area contributed by atoms with Gasteiger partial charge < -0.3 is 19.7 Å². The maximum absolute atomic E-state index is 12.4. The zero-order valence-electron chi connectivity index (χ0n) is 11.8. The molecule has 1 aliphatic rings. The van der Waals surface area contributed by atoms with Gasteiger partial charge in [0.2, 0.25) is 0 Å². The fourth-order valence-corrected chi connectivity index (χ4v) is 2.29. The molecule has 0 aliphatic carbocycles. The molecular weight excluding hydrogens is 284 g/mol. The molecule has 0 radical (unpaired) electrons. The Kier molecular flexibility index (Phi) is 3.47. The van der Waals surface area contributed by atoms with E-state index in [-0.39, 0.29) is 29.6 Å². The van der Waals surface area contributed by atoms with Crippen molar-refractivity contribution in [2.75, 3.05) is 13.7 Å². The van der Waals surface area contributed by atoms with Crippen molar-refractivity contribution in [2.24, 2.45) is 0 Å². The van der Waals surface area contributed by atoms with Gasteiger partial charge in [-0.05, 0) is 29.8 Å². The average molecular weight is 297 g/mol. The average Bonchev–Trinajstić information content (AvgIpc) is 2.51. The normalized spacial score (nSPS) is 15.3. The number of ketones is 1. The molecular formula is C17H13O5-. The molecule has 0 fully saturated rings. The minimum absolute atomic E-state index is 0.0507. The second kappa shape index (κ2) is 5.44. The number of fused-ring (bicyclic) bond motifs is 1. The van der Waals surface area contributed by atoms with Crippen molar-refractivity contribution in [1.82, 2.24) is 0 Å². The first-order chi connectivity index (χ1) is 10.6. The zero-order valence-corrected chi connectivity index (χ0v) is 11.8. The largest absolute Gasteiger partial charge is 0.870 e. The Morgan fingerprint density at radius 2 is 2.09 bits per heavy atom. The van der Waals surface area contributed by atoms with E-state index in [1.54, 1.807) is 18.2 Å². The molecule has 5 nitrogen and oxygen atoms in total. The lowest BCUT2D eigenvalue weighted by Crippen LogP contribution is -2.18. The summed E-state index contributed by atoms with van der Waals surface area (Å²) in [5, 5.41) is 20.9. The van der Waals surface area contributed by atoms with Gasteiger partial charge >= 0.3 is 0 Å². The van der Waals surface area contributed by atoms with E-state index in [0.717, 1.165) is 0 Å². The number of hydrogen-bond donors (Lipinski definition) is 1. The summed E-state index contributed by atoms with van der Waals surface area (Å²) in [4.78, 5) is 12.4. The number of phenolic OH excluding ortho intramolecular Hbond substituents is 1. The zero-order chi connectivity index (χ0) is 15.7. The third-order valence-corrected chi connectivity index (χ3v) is 3.41. The maximum Gasteiger partial charge on any atom is 0.196 e. The van der Waals surface area contributed by atoms with Crippen LogP contribution in [0.4, 0.5) is 0 Å². The van der Waals surface area contributed by atoms with E-state index in [9.17, 15) is 15.0 Å². The predicted octanol–water partition coefficient (Wildman–Crippen LogP) is 2.13. The van der Waals surface area contributed by atoms with Crippen LogP contribution in [0.2, 0.25) is 0 Å². The first-order valence-electron chi connectivity index (χ1n) is 6.64. The Hall–Kier alpha value is -2.95. The number of Topliss-reactive ketones (excluding diaryl/α,β-unsaturated/α-hetero) is 1. The first-order valence-corrected chi connectivity index (χ1v) is 6.64. The van der Waals surface area contributed by atoms with E-state index in [4.69, 9.17) is 9.47 Å². The number of ether oxygens (including phenoxy) is 2. The van der Waals surface area contributed by atoms with Crippen molar-refractivity contribution in [3.8, 4) is 23.0 Å². The Morgan fingerprint density at radius 3 is 2.86 bits per heavy atom. The monoisotopic (exact) mass is 297 g/mol. The summed E-state index contributed by atoms with van der Waals surface area (Å²) in [6, 6.07) is 8.98. The highest BCUT2D eigenvalue weighted by molar-refractivity contribution is 6.14. The van der Waals surface area contributed by atoms with Crippen molar-refractivity contribution in [3.05, 3.63) is 53.1 Å². The van der Waals surface area contributed by atoms with E-state index >= 15 is 0 Å². The van der Waals surface area contributed by atoms with Crippen LogP contribution in [0.5, 0.6) is 23.0 Å². The molecule has 1 aliphatic heterocycles. The molecule has 2 aromatic carbocycles. The van der Waals surface area contributed by atoms with Crippen LogP contribution in [0.1, 0.15) is 15.9 Å². The van der Waals surface area contributed by atoms with E-state index in [0.29, 0.717) is 22.4 Å². The second-order valence-corrected chi connectivity index (χ2v) is 4.88. The van der Waals surface area contributed by atoms with E-state index in [1.165, 1.54) is 31.4 Å². The molecule has 0 saturated carbocycles. The molecule has 0 amide bonds. The highest BCUT2D eigenvalue weighted by atomic mass is 16.5. The summed E-state index contributed by atoms with van der Waals surface area (Å²) in [5.41, 5.74) is 1.56. The van der Waals surface area contributed by atoms with Crippen molar-refractivity contribution in [2.45, 2.75) is 0 Å². The summed E-state index contributed by atoms with van der Waals surface area (Å²) in [6.45, 7) is 0.108. The molecule has 112 valence electrons. The highest BCUT2D eigenvalue weighted by Gasteiger charge is 2.23. The summed E-state index contributed by atoms with van der Waals surface area (Å²) >= 11 is 0. The van der Waals surface area contributed by atoms with Gasteiger partial charge in [-0.2, -0.15) is 0 Å². The van der Waals surface area contributed by atoms with Crippen LogP contribution >= 0.6 is 0 Å². The van der Waals surface area contributed by atoms with E-state index < -0.39 is 0 Å². The number of carbonyl (C=O) groups excluding carboxylic acids is 1. The third-order valence-electron chi connectivity index (χ3n) is 3.41. The van der Waals surface area contributed by atoms with Gasteiger partial charge in [0.25, 0.3) is 0 Å². The van der Waals surface area contributed by atoms with Crippen LogP contribution < -0.4 is 14.6 Å². The molecule has 22 heavy (non-hydrogen) atoms. The molecule has 1 N–H and O–H groups in total. The lowest BCUT2D eigenvalue weighted by atomic mass is 9.98. The van der Waals surface area contributed by atoms with Gasteiger partial charge in [-0.1, -0.05) is 17.9 Å². The van der Waals surface area contributed by atoms with E-state index in [1.807, 2.05) is 0 Å². The van der Waals surface area contributed by atoms with Crippen LogP contribution in [0, 0.1) is 0 Å². The molecule has 0 bridgehead atoms. The third kappa shape index (κ3) is 2.48. The van der Waals surface area contributed by atoms with Gasteiger partial charge in [-0.3, -0.25) is 4.79 Å². The minimum atomic E-state index is -0.211. The lowest BCUT2D eigenvalue weighted by molar-refractivity contribution is -0.270. The highest BCUT2D eigenvalue weighted by Crippen LogP contribution is 2.32. The maximum atomic E-state index is 12.4. The summed E-state index contributed by atoms with van der Waals surface area (Å²) in [5.74, 6) is 0.274. The summed E-state index contributed by atoms with van der Waals surface area (Å²) in [7, 11) is 1.42. The van der Waals surface area contributed by atoms with Gasteiger partial charge in [0.05, 0.1) is 12.7 Å². The van der Waals surface area contributed by atoms with Crippen LogP contribution in [-0.4, -0.2) is 24.6 Å². The predicted molar refractivity (Wildman–Crippen MR) is 78.3 cm³/mol. The van der Waals surface area contributed by atoms with Gasteiger partial charge in [-0.25, -0.2) is 0 Å². The molecule has 2 aromatic rings. The fraction of sp³-hybridized carbons (Fsp3) is 0.118. The molecule has 0 aromatic heterocycles. The Morgan fingerprint density at radius 1 is 1.27 bits per heavy atom. The van der Waals surface area contributed by atoms with E-state index in [2.05, 4.69) is 0 Å². The molecule has 3 rings (SSSR count). The molecule has 1 heterocycles. The van der Waals surface area contributed by atoms with Gasteiger partial charge in [0.1, 0.15) is 23.9 Å². The Bertz CT molecular complexity index is 777. The van der Waals surface area contributed by atoms with Gasteiger partial charge in [0, 0.05) is 11.6 Å². The smallest absolute Gasteiger partial charge is 0.196 e. The van der Waals surface area contributed by atoms with Crippen molar-refractivity contribution in [3.63, 3.8) is 0 Å². The van der Waals surface area contributed by atoms with Crippen LogP contribution in [-0.2, 0) is 0 Å². The first kappa shape index (κ1) is 14.0. The van der Waals surface area contributed by atoms with Gasteiger partial charge in [-0.15, -0.1) is 0 Å². The van der Waals surface area contributed by atoms with Crippen molar-refractivity contribution >= 4 is 11.9 Å². The second-order valence-electron chi connectivity index (χ2n) is 4.88. The molecule has 0 spiro atoms. The quantitative estimate of drug-likeness (QED) is 0.859. The topological polar surface area (TPSA) is 78.8 Å². The number of benzene rings is 2. The van der Waals surface area contributed by atoms with Gasteiger partial charge in [0.15, 0.2) is 5.78 Å². The van der Waals surface area contributed by atoms with Crippen LogP contribution in [0.15, 0.2) is 42.0 Å². The number of hydrogen-bond acceptors (Lipinski definition) is 5. The molecule has 0 unspecified atom stereocenters. The van der Waals surface area contributed by atoms with Crippen molar-refractivity contribution in [1.29, 1.82) is 0 Å². The summed E-state index contributed by atoms with van der Waals surface area (Å²) < 4.78 is 10.5. The fourth-order valence-electron chi connectivity index (χ4n) is 2.29. The molecule has 0 atom stereocenters. The standard InChI is InChI=1S/C17H14O5/c1-21-16-7-10(2-5-14(16)19)6-11-9-22-15-8-12(18)3-4-13(15)17(11)20/h2-8,18-19H,9H2,1H3/p-1/b11-6+. The lowest BCUT2D eigenvalue weighted by Gasteiger charge is -2.19. The SMILES string of the molecule is COc1cc(/C=C2\COc3cc(O)ccc3C2=O)ccc1[O-]. The van der Waals surface area contributed by atoms with Crippen LogP contribution in [0.3, 0.4) is 0 Å². The minimum Gasteiger partial charge on any atom is -0.870 e. The number of aromatic hydroxyl groups is 1.